The first-order valence-electron chi connectivity index (χ1n) is 6.78. The van der Waals surface area contributed by atoms with Crippen LogP contribution in [0.3, 0.4) is 0 Å². The number of amides is 1. The Bertz CT molecular complexity index is 780. The first kappa shape index (κ1) is 14.5. The van der Waals surface area contributed by atoms with E-state index in [2.05, 4.69) is 0 Å². The van der Waals surface area contributed by atoms with Crippen molar-refractivity contribution in [2.75, 3.05) is 7.05 Å². The van der Waals surface area contributed by atoms with Crippen molar-refractivity contribution in [2.24, 2.45) is 0 Å². The van der Waals surface area contributed by atoms with Crippen LogP contribution in [0.25, 0.3) is 11.3 Å². The number of carbonyl (C=O) groups excluding carboxylic acids is 1. The van der Waals surface area contributed by atoms with Gasteiger partial charge in [0.2, 0.25) is 0 Å². The highest BCUT2D eigenvalue weighted by Gasteiger charge is 2.18. The summed E-state index contributed by atoms with van der Waals surface area (Å²) in [4.78, 5) is 15.0. The lowest BCUT2D eigenvalue weighted by Crippen LogP contribution is -2.25. The van der Waals surface area contributed by atoms with Crippen LogP contribution in [-0.4, -0.2) is 17.9 Å². The molecule has 2 heterocycles. The molecule has 5 heteroatoms. The summed E-state index contributed by atoms with van der Waals surface area (Å²) in [5.74, 6) is -0.0398. The van der Waals surface area contributed by atoms with Gasteiger partial charge in [0.1, 0.15) is 11.6 Å². The van der Waals surface area contributed by atoms with Gasteiger partial charge in [0, 0.05) is 11.9 Å². The summed E-state index contributed by atoms with van der Waals surface area (Å²) >= 11 is 1.59. The number of hydrogen-bond acceptors (Lipinski definition) is 3. The number of thiophene rings is 1. The molecule has 0 fully saturated rings. The van der Waals surface area contributed by atoms with Crippen molar-refractivity contribution in [2.45, 2.75) is 6.54 Å². The molecule has 0 unspecified atom stereocenters. The van der Waals surface area contributed by atoms with Crippen molar-refractivity contribution in [1.82, 2.24) is 4.90 Å². The summed E-state index contributed by atoms with van der Waals surface area (Å²) in [6, 6.07) is 13.4. The standard InChI is InChI=1S/C17H14FNO2S/c1-19(11-12-5-4-10-22-12)17(20)16-9-8-15(21-16)13-6-2-3-7-14(13)18/h2-10H,11H2,1H3. The van der Waals surface area contributed by atoms with Crippen LogP contribution in [0.4, 0.5) is 4.39 Å². The van der Waals surface area contributed by atoms with Crippen molar-refractivity contribution in [3.05, 3.63) is 70.4 Å². The molecule has 1 aromatic carbocycles. The second kappa shape index (κ2) is 6.15. The van der Waals surface area contributed by atoms with Gasteiger partial charge in [-0.2, -0.15) is 0 Å². The average molecular weight is 315 g/mol. The minimum atomic E-state index is -0.372. The number of furan rings is 1. The van der Waals surface area contributed by atoms with Crippen LogP contribution in [0, 0.1) is 5.82 Å². The normalized spacial score (nSPS) is 10.6. The van der Waals surface area contributed by atoms with Gasteiger partial charge in [-0.15, -0.1) is 11.3 Å². The Labute approximate surface area is 131 Å². The Morgan fingerprint density at radius 3 is 2.73 bits per heavy atom. The van der Waals surface area contributed by atoms with E-state index in [0.29, 0.717) is 17.9 Å². The molecule has 112 valence electrons. The smallest absolute Gasteiger partial charge is 0.289 e. The molecule has 0 atom stereocenters. The van der Waals surface area contributed by atoms with E-state index in [1.807, 2.05) is 17.5 Å². The maximum absolute atomic E-state index is 13.7. The molecule has 0 spiro atoms. The van der Waals surface area contributed by atoms with Crippen molar-refractivity contribution < 1.29 is 13.6 Å². The lowest BCUT2D eigenvalue weighted by Gasteiger charge is -2.14. The van der Waals surface area contributed by atoms with Gasteiger partial charge in [-0.05, 0) is 35.7 Å². The third kappa shape index (κ3) is 2.94. The Morgan fingerprint density at radius 2 is 2.00 bits per heavy atom. The number of benzene rings is 1. The van der Waals surface area contributed by atoms with Gasteiger partial charge in [-0.25, -0.2) is 4.39 Å². The van der Waals surface area contributed by atoms with Gasteiger partial charge in [0.25, 0.3) is 5.91 Å². The summed E-state index contributed by atoms with van der Waals surface area (Å²) in [6.07, 6.45) is 0. The summed E-state index contributed by atoms with van der Waals surface area (Å²) < 4.78 is 19.3. The highest BCUT2D eigenvalue weighted by Crippen LogP contribution is 2.25. The number of hydrogen-bond donors (Lipinski definition) is 0. The molecule has 0 N–H and O–H groups in total. The Kier molecular flexibility index (Phi) is 4.06. The second-order valence-corrected chi connectivity index (χ2v) is 5.92. The highest BCUT2D eigenvalue weighted by atomic mass is 32.1. The number of rotatable bonds is 4. The van der Waals surface area contributed by atoms with E-state index in [0.717, 1.165) is 4.88 Å². The molecule has 3 aromatic rings. The van der Waals surface area contributed by atoms with Crippen LogP contribution in [0.1, 0.15) is 15.4 Å². The van der Waals surface area contributed by atoms with Gasteiger partial charge in [-0.1, -0.05) is 18.2 Å². The molecule has 0 bridgehead atoms. The van der Waals surface area contributed by atoms with E-state index < -0.39 is 0 Å². The highest BCUT2D eigenvalue weighted by molar-refractivity contribution is 7.09. The number of nitrogens with zero attached hydrogens (tertiary/aromatic N) is 1. The molecular formula is C17H14FNO2S. The van der Waals surface area contributed by atoms with Gasteiger partial charge < -0.3 is 9.32 Å². The summed E-state index contributed by atoms with van der Waals surface area (Å²) in [5.41, 5.74) is 0.349. The van der Waals surface area contributed by atoms with Crippen molar-refractivity contribution >= 4 is 17.2 Å². The third-order valence-corrected chi connectivity index (χ3v) is 4.14. The van der Waals surface area contributed by atoms with Crippen molar-refractivity contribution in [1.29, 1.82) is 0 Å². The molecule has 0 radical (unpaired) electrons. The molecule has 0 saturated heterocycles. The summed E-state index contributed by atoms with van der Waals surface area (Å²) in [5, 5.41) is 1.97. The maximum Gasteiger partial charge on any atom is 0.289 e. The lowest BCUT2D eigenvalue weighted by atomic mass is 10.1. The zero-order chi connectivity index (χ0) is 15.5. The topological polar surface area (TPSA) is 33.5 Å². The zero-order valence-electron chi connectivity index (χ0n) is 12.0. The third-order valence-electron chi connectivity index (χ3n) is 3.28. The SMILES string of the molecule is CN(Cc1cccs1)C(=O)c1ccc(-c2ccccc2F)o1. The maximum atomic E-state index is 13.7. The largest absolute Gasteiger partial charge is 0.451 e. The quantitative estimate of drug-likeness (QED) is 0.714. The monoisotopic (exact) mass is 315 g/mol. The van der Waals surface area contributed by atoms with Gasteiger partial charge in [0.05, 0.1) is 12.1 Å². The molecule has 1 amide bonds. The fourth-order valence-corrected chi connectivity index (χ4v) is 2.91. The van der Waals surface area contributed by atoms with Crippen LogP contribution in [0.5, 0.6) is 0 Å². The molecule has 2 aromatic heterocycles. The van der Waals surface area contributed by atoms with E-state index in [-0.39, 0.29) is 17.5 Å². The number of carbonyl (C=O) groups is 1. The van der Waals surface area contributed by atoms with Gasteiger partial charge >= 0.3 is 0 Å². The fraction of sp³-hybridized carbons (Fsp3) is 0.118. The lowest BCUT2D eigenvalue weighted by molar-refractivity contribution is 0.0755. The molecule has 22 heavy (non-hydrogen) atoms. The second-order valence-electron chi connectivity index (χ2n) is 4.88. The Morgan fingerprint density at radius 1 is 1.18 bits per heavy atom. The minimum absolute atomic E-state index is 0.206. The molecule has 3 nitrogen and oxygen atoms in total. The molecule has 0 aliphatic rings. The molecule has 0 saturated carbocycles. The van der Waals surface area contributed by atoms with E-state index in [1.54, 1.807) is 53.6 Å². The molecule has 0 aliphatic carbocycles. The predicted molar refractivity (Wildman–Crippen MR) is 84.2 cm³/mol. The Balaban J connectivity index is 1.78. The van der Waals surface area contributed by atoms with E-state index >= 15 is 0 Å². The summed E-state index contributed by atoms with van der Waals surface area (Å²) in [7, 11) is 1.72. The van der Waals surface area contributed by atoms with Gasteiger partial charge in [0.15, 0.2) is 5.76 Å². The number of halogens is 1. The van der Waals surface area contributed by atoms with Crippen LogP contribution in [0.15, 0.2) is 58.3 Å². The van der Waals surface area contributed by atoms with Crippen molar-refractivity contribution in [3.63, 3.8) is 0 Å². The van der Waals surface area contributed by atoms with Crippen LogP contribution < -0.4 is 0 Å². The first-order chi connectivity index (χ1) is 10.6. The molecular weight excluding hydrogens is 301 g/mol. The van der Waals surface area contributed by atoms with E-state index in [9.17, 15) is 9.18 Å². The van der Waals surface area contributed by atoms with Crippen LogP contribution in [-0.2, 0) is 6.54 Å². The Hall–Kier alpha value is -2.40. The van der Waals surface area contributed by atoms with Crippen LogP contribution >= 0.6 is 11.3 Å². The molecule has 3 rings (SSSR count). The predicted octanol–water partition coefficient (Wildman–Crippen LogP) is 4.42. The van der Waals surface area contributed by atoms with Gasteiger partial charge in [-0.3, -0.25) is 4.79 Å². The molecule has 0 aliphatic heterocycles. The van der Waals surface area contributed by atoms with E-state index in [4.69, 9.17) is 4.42 Å². The average Bonchev–Trinajstić information content (AvgIpc) is 3.18. The zero-order valence-corrected chi connectivity index (χ0v) is 12.8. The summed E-state index contributed by atoms with van der Waals surface area (Å²) in [6.45, 7) is 0.520. The van der Waals surface area contributed by atoms with Crippen molar-refractivity contribution in [3.8, 4) is 11.3 Å². The van der Waals surface area contributed by atoms with Crippen LogP contribution in [0.2, 0.25) is 0 Å². The minimum Gasteiger partial charge on any atom is -0.451 e. The first-order valence-corrected chi connectivity index (χ1v) is 7.65. The fourth-order valence-electron chi connectivity index (χ4n) is 2.15. The van der Waals surface area contributed by atoms with E-state index in [1.165, 1.54) is 6.07 Å².